The molecule has 0 fully saturated rings. The monoisotopic (exact) mass is 364 g/mol. The maximum Gasteiger partial charge on any atom is 0.259 e. The molecule has 4 rings (SSSR count). The van der Waals surface area contributed by atoms with Crippen molar-refractivity contribution in [2.45, 2.75) is 0 Å². The molecule has 0 spiro atoms. The van der Waals surface area contributed by atoms with Gasteiger partial charge in [-0.05, 0) is 48.5 Å². The van der Waals surface area contributed by atoms with Gasteiger partial charge >= 0.3 is 0 Å². The van der Waals surface area contributed by atoms with E-state index < -0.39 is 5.91 Å². The van der Waals surface area contributed by atoms with Crippen molar-refractivity contribution >= 4 is 34.2 Å². The van der Waals surface area contributed by atoms with Crippen LogP contribution in [0.25, 0.3) is 16.7 Å². The van der Waals surface area contributed by atoms with Gasteiger partial charge < -0.3 is 10.4 Å². The van der Waals surface area contributed by atoms with Gasteiger partial charge in [-0.1, -0.05) is 29.8 Å². The SMILES string of the molecule is O=C(Nc1ccc2nn(-c3cccc(Cl)c3)nc2c1)c1ccccc1O. The van der Waals surface area contributed by atoms with Crippen molar-refractivity contribution in [3.05, 3.63) is 77.3 Å². The lowest BCUT2D eigenvalue weighted by molar-refractivity contribution is 0.102. The molecule has 1 heterocycles. The molecule has 1 aromatic heterocycles. The Bertz CT molecular complexity index is 1120. The molecule has 0 unspecified atom stereocenters. The fourth-order valence-corrected chi connectivity index (χ4v) is 2.76. The van der Waals surface area contributed by atoms with Gasteiger partial charge in [0.25, 0.3) is 5.91 Å². The summed E-state index contributed by atoms with van der Waals surface area (Å²) in [5.41, 5.74) is 2.82. The van der Waals surface area contributed by atoms with Crippen LogP contribution in [0.3, 0.4) is 0 Å². The Morgan fingerprint density at radius 3 is 2.58 bits per heavy atom. The first-order valence-corrected chi connectivity index (χ1v) is 8.20. The average Bonchev–Trinajstić information content (AvgIpc) is 3.05. The lowest BCUT2D eigenvalue weighted by Gasteiger charge is -2.06. The third kappa shape index (κ3) is 3.10. The second-order valence-electron chi connectivity index (χ2n) is 5.64. The molecule has 7 heteroatoms. The number of nitrogens with one attached hydrogen (secondary N) is 1. The minimum atomic E-state index is -0.398. The molecule has 4 aromatic rings. The molecule has 0 saturated carbocycles. The molecule has 0 radical (unpaired) electrons. The first kappa shape index (κ1) is 16.1. The van der Waals surface area contributed by atoms with E-state index in [1.54, 1.807) is 48.5 Å². The van der Waals surface area contributed by atoms with Gasteiger partial charge in [-0.25, -0.2) is 0 Å². The largest absolute Gasteiger partial charge is 0.507 e. The van der Waals surface area contributed by atoms with Gasteiger partial charge in [0.1, 0.15) is 16.8 Å². The Labute approximate surface area is 153 Å². The average molecular weight is 365 g/mol. The molecule has 6 nitrogen and oxygen atoms in total. The van der Waals surface area contributed by atoms with E-state index >= 15 is 0 Å². The van der Waals surface area contributed by atoms with Crippen LogP contribution >= 0.6 is 11.6 Å². The fourth-order valence-electron chi connectivity index (χ4n) is 2.57. The standard InChI is InChI=1S/C19H13ClN4O2/c20-12-4-3-5-14(10-12)24-22-16-9-8-13(11-17(16)23-24)21-19(26)15-6-1-2-7-18(15)25/h1-11,25H,(H,21,26). The van der Waals surface area contributed by atoms with E-state index in [1.807, 2.05) is 12.1 Å². The summed E-state index contributed by atoms with van der Waals surface area (Å²) in [6.45, 7) is 0. The van der Waals surface area contributed by atoms with Crippen LogP contribution in [0, 0.1) is 0 Å². The first-order chi connectivity index (χ1) is 12.6. The van der Waals surface area contributed by atoms with Crippen LogP contribution in [-0.4, -0.2) is 26.0 Å². The van der Waals surface area contributed by atoms with Crippen molar-refractivity contribution in [1.29, 1.82) is 0 Å². The van der Waals surface area contributed by atoms with Crippen LogP contribution < -0.4 is 5.32 Å². The molecule has 0 atom stereocenters. The van der Waals surface area contributed by atoms with Gasteiger partial charge in [-0.3, -0.25) is 4.79 Å². The Kier molecular flexibility index (Phi) is 4.02. The summed E-state index contributed by atoms with van der Waals surface area (Å²) < 4.78 is 0. The van der Waals surface area contributed by atoms with Crippen molar-refractivity contribution in [1.82, 2.24) is 15.0 Å². The number of nitrogens with zero attached hydrogens (tertiary/aromatic N) is 3. The number of aromatic hydroxyl groups is 1. The van der Waals surface area contributed by atoms with E-state index in [2.05, 4.69) is 15.5 Å². The zero-order chi connectivity index (χ0) is 18.1. The Morgan fingerprint density at radius 1 is 0.962 bits per heavy atom. The number of aromatic nitrogens is 3. The van der Waals surface area contributed by atoms with Crippen molar-refractivity contribution in [3.8, 4) is 11.4 Å². The number of phenolic OH excluding ortho intramolecular Hbond substituents is 1. The van der Waals surface area contributed by atoms with Crippen molar-refractivity contribution in [2.75, 3.05) is 5.32 Å². The topological polar surface area (TPSA) is 80.0 Å². The predicted octanol–water partition coefficient (Wildman–Crippen LogP) is 4.03. The molecule has 26 heavy (non-hydrogen) atoms. The maximum absolute atomic E-state index is 12.3. The summed E-state index contributed by atoms with van der Waals surface area (Å²) in [6.07, 6.45) is 0. The second kappa shape index (κ2) is 6.50. The quantitative estimate of drug-likeness (QED) is 0.575. The van der Waals surface area contributed by atoms with Gasteiger partial charge in [-0.15, -0.1) is 10.2 Å². The molecular weight excluding hydrogens is 352 g/mol. The molecule has 3 aromatic carbocycles. The molecule has 0 aliphatic heterocycles. The number of hydrogen-bond donors (Lipinski definition) is 2. The van der Waals surface area contributed by atoms with Crippen LogP contribution in [0.4, 0.5) is 5.69 Å². The lowest BCUT2D eigenvalue weighted by Crippen LogP contribution is -2.11. The number of para-hydroxylation sites is 1. The lowest BCUT2D eigenvalue weighted by atomic mass is 10.2. The van der Waals surface area contributed by atoms with Gasteiger partial charge in [0.2, 0.25) is 0 Å². The smallest absolute Gasteiger partial charge is 0.259 e. The normalized spacial score (nSPS) is 10.8. The Hall–Kier alpha value is -3.38. The van der Waals surface area contributed by atoms with Crippen molar-refractivity contribution < 1.29 is 9.90 Å². The third-order valence-corrected chi connectivity index (χ3v) is 4.06. The molecule has 0 aliphatic carbocycles. The number of halogens is 1. The number of phenols is 1. The number of carbonyl (C=O) groups is 1. The number of carbonyl (C=O) groups excluding carboxylic acids is 1. The second-order valence-corrected chi connectivity index (χ2v) is 6.08. The van der Waals surface area contributed by atoms with Gasteiger partial charge in [-0.2, -0.15) is 4.80 Å². The summed E-state index contributed by atoms with van der Waals surface area (Å²) in [4.78, 5) is 13.8. The molecular formula is C19H13ClN4O2. The Morgan fingerprint density at radius 2 is 1.77 bits per heavy atom. The molecule has 0 saturated heterocycles. The molecule has 1 amide bonds. The van der Waals surface area contributed by atoms with Crippen molar-refractivity contribution in [3.63, 3.8) is 0 Å². The fraction of sp³-hybridized carbons (Fsp3) is 0. The van der Waals surface area contributed by atoms with Crippen LogP contribution in [0.5, 0.6) is 5.75 Å². The first-order valence-electron chi connectivity index (χ1n) is 7.82. The maximum atomic E-state index is 12.3. The zero-order valence-corrected chi connectivity index (χ0v) is 14.2. The van der Waals surface area contributed by atoms with E-state index in [4.69, 9.17) is 11.6 Å². The number of benzene rings is 3. The van der Waals surface area contributed by atoms with E-state index in [1.165, 1.54) is 10.9 Å². The molecule has 128 valence electrons. The summed E-state index contributed by atoms with van der Waals surface area (Å²) >= 11 is 6.01. The predicted molar refractivity (Wildman–Crippen MR) is 99.9 cm³/mol. The number of hydrogen-bond acceptors (Lipinski definition) is 4. The van der Waals surface area contributed by atoms with Crippen LogP contribution in [0.1, 0.15) is 10.4 Å². The highest BCUT2D eigenvalue weighted by molar-refractivity contribution is 6.30. The van der Waals surface area contributed by atoms with Gasteiger partial charge in [0, 0.05) is 10.7 Å². The molecule has 2 N–H and O–H groups in total. The van der Waals surface area contributed by atoms with E-state index in [0.29, 0.717) is 21.7 Å². The summed E-state index contributed by atoms with van der Waals surface area (Å²) in [7, 11) is 0. The van der Waals surface area contributed by atoms with Crippen molar-refractivity contribution in [2.24, 2.45) is 0 Å². The number of amides is 1. The highest BCUT2D eigenvalue weighted by atomic mass is 35.5. The molecule has 0 aliphatic rings. The van der Waals surface area contributed by atoms with E-state index in [0.717, 1.165) is 5.69 Å². The highest BCUT2D eigenvalue weighted by Crippen LogP contribution is 2.21. The van der Waals surface area contributed by atoms with Gasteiger partial charge in [0.15, 0.2) is 0 Å². The number of fused-ring (bicyclic) bond motifs is 1. The summed E-state index contributed by atoms with van der Waals surface area (Å²) in [6, 6.07) is 18.8. The summed E-state index contributed by atoms with van der Waals surface area (Å²) in [5, 5.41) is 22.0. The third-order valence-electron chi connectivity index (χ3n) is 3.83. The zero-order valence-electron chi connectivity index (χ0n) is 13.4. The number of anilines is 1. The Balaban J connectivity index is 1.64. The minimum Gasteiger partial charge on any atom is -0.507 e. The van der Waals surface area contributed by atoms with Crippen LogP contribution in [0.2, 0.25) is 5.02 Å². The minimum absolute atomic E-state index is 0.0713. The highest BCUT2D eigenvalue weighted by Gasteiger charge is 2.12. The van der Waals surface area contributed by atoms with Crippen LogP contribution in [0.15, 0.2) is 66.7 Å². The van der Waals surface area contributed by atoms with E-state index in [-0.39, 0.29) is 11.3 Å². The van der Waals surface area contributed by atoms with Crippen LogP contribution in [-0.2, 0) is 0 Å². The van der Waals surface area contributed by atoms with E-state index in [9.17, 15) is 9.90 Å². The van der Waals surface area contributed by atoms with Gasteiger partial charge in [0.05, 0.1) is 11.3 Å². The molecule has 0 bridgehead atoms. The number of rotatable bonds is 3. The summed E-state index contributed by atoms with van der Waals surface area (Å²) in [5.74, 6) is -0.470.